The molecule has 0 spiro atoms. The van der Waals surface area contributed by atoms with Crippen LogP contribution >= 0.6 is 0 Å². The Balaban J connectivity index is 2.27. The predicted octanol–water partition coefficient (Wildman–Crippen LogP) is 3.41. The Morgan fingerprint density at radius 2 is 2.07 bits per heavy atom. The highest BCUT2D eigenvalue weighted by Gasteiger charge is 2.34. The van der Waals surface area contributed by atoms with Gasteiger partial charge in [0.15, 0.2) is 0 Å². The molecule has 1 aliphatic carbocycles. The van der Waals surface area contributed by atoms with E-state index in [-0.39, 0.29) is 16.0 Å². The van der Waals surface area contributed by atoms with Crippen LogP contribution in [0, 0.1) is 15.5 Å². The van der Waals surface area contributed by atoms with Gasteiger partial charge in [-0.15, -0.1) is 0 Å². The first-order chi connectivity index (χ1) is 7.11. The molecule has 3 nitrogen and oxygen atoms in total. The molecule has 1 aliphatic rings. The molecule has 0 bridgehead atoms. The highest BCUT2D eigenvalue weighted by Crippen LogP contribution is 2.46. The topological polar surface area (TPSA) is 43.1 Å². The summed E-state index contributed by atoms with van der Waals surface area (Å²) in [6.45, 7) is 2.16. The van der Waals surface area contributed by atoms with E-state index >= 15 is 0 Å². The minimum absolute atomic E-state index is 0.179. The highest BCUT2D eigenvalue weighted by atomic mass is 16.6. The third-order valence-corrected chi connectivity index (χ3v) is 2.84. The van der Waals surface area contributed by atoms with E-state index in [0.29, 0.717) is 5.56 Å². The van der Waals surface area contributed by atoms with Gasteiger partial charge in [0.1, 0.15) is 0 Å². The van der Waals surface area contributed by atoms with Gasteiger partial charge in [-0.3, -0.25) is 10.1 Å². The van der Waals surface area contributed by atoms with Crippen LogP contribution in [0.25, 0.3) is 6.08 Å². The Bertz CT molecular complexity index is 419. The molecule has 0 saturated heterocycles. The maximum Gasteiger partial charge on any atom is 0.276 e. The van der Waals surface area contributed by atoms with Crippen molar-refractivity contribution in [2.45, 2.75) is 19.8 Å². The van der Waals surface area contributed by atoms with Crippen molar-refractivity contribution >= 4 is 11.8 Å². The van der Waals surface area contributed by atoms with E-state index in [2.05, 4.69) is 13.0 Å². The molecule has 0 atom stereocenters. The van der Waals surface area contributed by atoms with E-state index < -0.39 is 0 Å². The van der Waals surface area contributed by atoms with Crippen LogP contribution in [0.4, 0.5) is 5.69 Å². The average molecular weight is 203 g/mol. The zero-order valence-corrected chi connectivity index (χ0v) is 8.64. The predicted molar refractivity (Wildman–Crippen MR) is 59.5 cm³/mol. The summed E-state index contributed by atoms with van der Waals surface area (Å²) in [5.41, 5.74) is 1.15. The molecule has 1 aromatic rings. The molecule has 1 aromatic carbocycles. The van der Waals surface area contributed by atoms with Crippen LogP contribution in [0.2, 0.25) is 0 Å². The summed E-state index contributed by atoms with van der Waals surface area (Å²) >= 11 is 0. The normalized spacial score (nSPS) is 17.9. The Hall–Kier alpha value is -1.64. The van der Waals surface area contributed by atoms with Crippen LogP contribution in [-0.4, -0.2) is 4.92 Å². The fraction of sp³-hybridized carbons (Fsp3) is 0.333. The number of allylic oxidation sites excluding steroid dienone is 1. The number of nitro benzene ring substituents is 1. The second-order valence-corrected chi connectivity index (χ2v) is 4.30. The van der Waals surface area contributed by atoms with Gasteiger partial charge >= 0.3 is 0 Å². The summed E-state index contributed by atoms with van der Waals surface area (Å²) in [4.78, 5) is 10.4. The molecule has 0 N–H and O–H groups in total. The molecule has 0 heterocycles. The number of nitrogens with zero attached hydrogens (tertiary/aromatic N) is 1. The van der Waals surface area contributed by atoms with Crippen molar-refractivity contribution in [3.05, 3.63) is 46.0 Å². The Morgan fingerprint density at radius 3 is 2.67 bits per heavy atom. The van der Waals surface area contributed by atoms with Crippen molar-refractivity contribution in [3.63, 3.8) is 0 Å². The monoisotopic (exact) mass is 203 g/mol. The van der Waals surface area contributed by atoms with Crippen LogP contribution in [-0.2, 0) is 0 Å². The lowest BCUT2D eigenvalue weighted by molar-refractivity contribution is -0.385. The minimum atomic E-state index is -0.338. The van der Waals surface area contributed by atoms with Crippen LogP contribution in [0.5, 0.6) is 0 Å². The van der Waals surface area contributed by atoms with E-state index in [1.165, 1.54) is 18.9 Å². The lowest BCUT2D eigenvalue weighted by Gasteiger charge is -1.99. The largest absolute Gasteiger partial charge is 0.276 e. The fourth-order valence-electron chi connectivity index (χ4n) is 1.45. The molecule has 0 unspecified atom stereocenters. The summed E-state index contributed by atoms with van der Waals surface area (Å²) in [5, 5.41) is 10.7. The molecular formula is C12H13NO2. The van der Waals surface area contributed by atoms with E-state index in [9.17, 15) is 10.1 Å². The molecular weight excluding hydrogens is 190 g/mol. The number of para-hydroxylation sites is 1. The van der Waals surface area contributed by atoms with Crippen molar-refractivity contribution in [1.82, 2.24) is 0 Å². The van der Waals surface area contributed by atoms with Gasteiger partial charge < -0.3 is 0 Å². The van der Waals surface area contributed by atoms with Crippen LogP contribution in [0.1, 0.15) is 25.3 Å². The first-order valence-corrected chi connectivity index (χ1v) is 5.03. The van der Waals surface area contributed by atoms with Crippen LogP contribution in [0.3, 0.4) is 0 Å². The number of rotatable bonds is 3. The van der Waals surface area contributed by atoms with Crippen molar-refractivity contribution in [1.29, 1.82) is 0 Å². The summed E-state index contributed by atoms with van der Waals surface area (Å²) in [6.07, 6.45) is 6.31. The van der Waals surface area contributed by atoms with Gasteiger partial charge in [0, 0.05) is 6.07 Å². The van der Waals surface area contributed by atoms with Crippen molar-refractivity contribution in [2.24, 2.45) is 5.41 Å². The first kappa shape index (κ1) is 9.90. The van der Waals surface area contributed by atoms with Gasteiger partial charge in [0.25, 0.3) is 5.69 Å². The SMILES string of the molecule is CC1(/C=C/c2ccccc2[N+](=O)[O-])CC1. The summed E-state index contributed by atoms with van der Waals surface area (Å²) in [5.74, 6) is 0. The van der Waals surface area contributed by atoms with E-state index in [0.717, 1.165) is 0 Å². The number of hydrogen-bond acceptors (Lipinski definition) is 2. The summed E-state index contributed by atoms with van der Waals surface area (Å²) < 4.78 is 0. The van der Waals surface area contributed by atoms with Gasteiger partial charge in [-0.1, -0.05) is 31.2 Å². The molecule has 0 amide bonds. The zero-order chi connectivity index (χ0) is 10.9. The van der Waals surface area contributed by atoms with E-state index in [4.69, 9.17) is 0 Å². The van der Waals surface area contributed by atoms with Gasteiger partial charge in [0.2, 0.25) is 0 Å². The number of hydrogen-bond donors (Lipinski definition) is 0. The van der Waals surface area contributed by atoms with Gasteiger partial charge in [-0.05, 0) is 24.3 Å². The van der Waals surface area contributed by atoms with Crippen molar-refractivity contribution < 1.29 is 4.92 Å². The fourth-order valence-corrected chi connectivity index (χ4v) is 1.45. The lowest BCUT2D eigenvalue weighted by Crippen LogP contribution is -1.91. The smallest absolute Gasteiger partial charge is 0.258 e. The van der Waals surface area contributed by atoms with Gasteiger partial charge in [0.05, 0.1) is 10.5 Å². The molecule has 0 aromatic heterocycles. The zero-order valence-electron chi connectivity index (χ0n) is 8.64. The maximum absolute atomic E-state index is 10.7. The molecule has 2 rings (SSSR count). The van der Waals surface area contributed by atoms with Crippen molar-refractivity contribution in [3.8, 4) is 0 Å². The van der Waals surface area contributed by atoms with Gasteiger partial charge in [-0.2, -0.15) is 0 Å². The van der Waals surface area contributed by atoms with Crippen LogP contribution < -0.4 is 0 Å². The molecule has 0 aliphatic heterocycles. The third-order valence-electron chi connectivity index (χ3n) is 2.84. The summed E-state index contributed by atoms with van der Waals surface area (Å²) in [6, 6.07) is 6.82. The second-order valence-electron chi connectivity index (χ2n) is 4.30. The van der Waals surface area contributed by atoms with Gasteiger partial charge in [-0.25, -0.2) is 0 Å². The number of nitro groups is 1. The molecule has 15 heavy (non-hydrogen) atoms. The molecule has 1 fully saturated rings. The van der Waals surface area contributed by atoms with E-state index in [1.807, 2.05) is 12.1 Å². The molecule has 0 radical (unpaired) electrons. The summed E-state index contributed by atoms with van der Waals surface area (Å²) in [7, 11) is 0. The molecule has 78 valence electrons. The highest BCUT2D eigenvalue weighted by molar-refractivity contribution is 5.61. The Kier molecular flexibility index (Phi) is 2.31. The second kappa shape index (κ2) is 3.50. The van der Waals surface area contributed by atoms with E-state index in [1.54, 1.807) is 12.1 Å². The molecule has 3 heteroatoms. The quantitative estimate of drug-likeness (QED) is 0.558. The minimum Gasteiger partial charge on any atom is -0.258 e. The Morgan fingerprint density at radius 1 is 1.40 bits per heavy atom. The third kappa shape index (κ3) is 2.24. The molecule has 1 saturated carbocycles. The Labute approximate surface area is 88.6 Å². The van der Waals surface area contributed by atoms with Crippen molar-refractivity contribution in [2.75, 3.05) is 0 Å². The lowest BCUT2D eigenvalue weighted by atomic mass is 10.1. The maximum atomic E-state index is 10.7. The first-order valence-electron chi connectivity index (χ1n) is 5.03. The standard InChI is InChI=1S/C12H13NO2/c1-12(8-9-12)7-6-10-4-2-3-5-11(10)13(14)15/h2-7H,8-9H2,1H3/b7-6+. The van der Waals surface area contributed by atoms with Crippen LogP contribution in [0.15, 0.2) is 30.3 Å². The number of benzene rings is 1. The average Bonchev–Trinajstić information content (AvgIpc) is 2.95.